The van der Waals surface area contributed by atoms with Crippen molar-refractivity contribution in [3.8, 4) is 0 Å². The molecular weight excluding hydrogens is 334 g/mol. The van der Waals surface area contributed by atoms with E-state index in [1.807, 2.05) is 0 Å². The van der Waals surface area contributed by atoms with Crippen LogP contribution < -0.4 is 10.6 Å². The van der Waals surface area contributed by atoms with E-state index in [0.717, 1.165) is 18.6 Å². The van der Waals surface area contributed by atoms with Crippen LogP contribution in [-0.4, -0.2) is 34.8 Å². The Kier molecular flexibility index (Phi) is 4.95. The average Bonchev–Trinajstić information content (AvgIpc) is 2.44. The summed E-state index contributed by atoms with van der Waals surface area (Å²) in [4.78, 5) is 26.4. The molecule has 6 nitrogen and oxygen atoms in total. The van der Waals surface area contributed by atoms with Gasteiger partial charge in [-0.15, -0.1) is 0 Å². The summed E-state index contributed by atoms with van der Waals surface area (Å²) < 4.78 is 49.8. The van der Waals surface area contributed by atoms with Crippen LogP contribution in [0.15, 0.2) is 18.3 Å². The number of carbonyl (C=O) groups excluding carboxylic acids is 1. The topological polar surface area (TPSA) is 91.3 Å². The molecule has 1 aromatic heterocycles. The summed E-state index contributed by atoms with van der Waals surface area (Å²) in [6.07, 6.45) is -5.81. The molecule has 1 fully saturated rings. The first kappa shape index (κ1) is 18.0. The monoisotopic (exact) mass is 349 g/mol. The molecule has 0 aromatic carbocycles. The lowest BCUT2D eigenvalue weighted by atomic mass is 9.69. The summed E-state index contributed by atoms with van der Waals surface area (Å²) in [7, 11) is 0. The summed E-state index contributed by atoms with van der Waals surface area (Å²) in [5.41, 5.74) is -1.64. The molecule has 132 valence electrons. The molecule has 1 atom stereocenters. The number of halogens is 4. The van der Waals surface area contributed by atoms with Crippen molar-refractivity contribution >= 4 is 17.8 Å². The molecule has 2 rings (SSSR count). The third kappa shape index (κ3) is 3.92. The van der Waals surface area contributed by atoms with Gasteiger partial charge in [0.25, 0.3) is 0 Å². The summed E-state index contributed by atoms with van der Waals surface area (Å²) in [5.74, 6) is -1.07. The van der Waals surface area contributed by atoms with Gasteiger partial charge in [0.2, 0.25) is 6.17 Å². The van der Waals surface area contributed by atoms with Gasteiger partial charge in [-0.25, -0.2) is 14.2 Å². The first-order valence-corrected chi connectivity index (χ1v) is 7.09. The van der Waals surface area contributed by atoms with Crippen LogP contribution in [0.25, 0.3) is 0 Å². The van der Waals surface area contributed by atoms with Gasteiger partial charge in [0.1, 0.15) is 5.82 Å². The largest absolute Gasteiger partial charge is 0.481 e. The number of carbonyl (C=O) groups is 2. The second-order valence-electron chi connectivity index (χ2n) is 5.63. The molecule has 2 amide bonds. The number of rotatable bonds is 5. The zero-order chi connectivity index (χ0) is 18.0. The van der Waals surface area contributed by atoms with Crippen molar-refractivity contribution in [1.82, 2.24) is 10.3 Å². The van der Waals surface area contributed by atoms with Crippen molar-refractivity contribution in [2.45, 2.75) is 31.6 Å². The molecule has 1 unspecified atom stereocenters. The molecule has 0 bridgehead atoms. The standard InChI is InChI=1S/C14H15F4N3O3/c15-10(14(16,17)18)8-2-3-9(19-6-8)21-12(24)20-7-13(11(22)23)4-1-5-13/h2-3,6,10H,1,4-5,7H2,(H,22,23)(H2,19,20,21,24). The Hall–Kier alpha value is -2.39. The van der Waals surface area contributed by atoms with Gasteiger partial charge in [0.15, 0.2) is 0 Å². The van der Waals surface area contributed by atoms with Crippen LogP contribution in [0.2, 0.25) is 0 Å². The lowest BCUT2D eigenvalue weighted by Gasteiger charge is -2.37. The number of pyridine rings is 1. The van der Waals surface area contributed by atoms with Crippen molar-refractivity contribution in [3.05, 3.63) is 23.9 Å². The number of hydrogen-bond donors (Lipinski definition) is 3. The molecule has 0 aliphatic heterocycles. The molecule has 0 saturated heterocycles. The summed E-state index contributed by atoms with van der Waals surface area (Å²) in [6, 6.07) is 1.16. The number of amides is 2. The molecule has 1 heterocycles. The van der Waals surface area contributed by atoms with E-state index in [0.29, 0.717) is 19.0 Å². The van der Waals surface area contributed by atoms with E-state index in [4.69, 9.17) is 5.11 Å². The number of nitrogens with one attached hydrogen (secondary N) is 2. The number of carboxylic acid groups (broad SMARTS) is 1. The molecule has 0 radical (unpaired) electrons. The Morgan fingerprint density at radius 3 is 2.42 bits per heavy atom. The van der Waals surface area contributed by atoms with Crippen LogP contribution in [0.3, 0.4) is 0 Å². The van der Waals surface area contributed by atoms with Crippen molar-refractivity contribution < 1.29 is 32.3 Å². The van der Waals surface area contributed by atoms with Crippen molar-refractivity contribution in [2.24, 2.45) is 5.41 Å². The van der Waals surface area contributed by atoms with Gasteiger partial charge in [-0.2, -0.15) is 13.2 Å². The van der Waals surface area contributed by atoms with Crippen LogP contribution in [0.5, 0.6) is 0 Å². The molecule has 1 aliphatic rings. The zero-order valence-corrected chi connectivity index (χ0v) is 12.4. The molecule has 0 spiro atoms. The number of urea groups is 1. The summed E-state index contributed by atoms with van der Waals surface area (Å²) >= 11 is 0. The fourth-order valence-electron chi connectivity index (χ4n) is 2.30. The van der Waals surface area contributed by atoms with E-state index in [1.165, 1.54) is 0 Å². The third-order valence-corrected chi connectivity index (χ3v) is 3.96. The van der Waals surface area contributed by atoms with E-state index in [2.05, 4.69) is 15.6 Å². The maximum absolute atomic E-state index is 13.1. The Morgan fingerprint density at radius 2 is 2.00 bits per heavy atom. The van der Waals surface area contributed by atoms with Crippen LogP contribution in [0.4, 0.5) is 28.2 Å². The van der Waals surface area contributed by atoms with Gasteiger partial charge in [-0.3, -0.25) is 10.1 Å². The molecule has 1 aromatic rings. The van der Waals surface area contributed by atoms with Crippen LogP contribution in [-0.2, 0) is 4.79 Å². The second kappa shape index (κ2) is 6.62. The first-order valence-electron chi connectivity index (χ1n) is 7.09. The SMILES string of the molecule is O=C(NCC1(C(=O)O)CCC1)Nc1ccc(C(F)C(F)(F)F)cn1. The number of aliphatic carboxylic acids is 1. The predicted octanol–water partition coefficient (Wildman–Crippen LogP) is 3.03. The number of nitrogens with zero attached hydrogens (tertiary/aromatic N) is 1. The minimum Gasteiger partial charge on any atom is -0.481 e. The smallest absolute Gasteiger partial charge is 0.423 e. The highest BCUT2D eigenvalue weighted by Crippen LogP contribution is 2.40. The first-order chi connectivity index (χ1) is 11.1. The summed E-state index contributed by atoms with van der Waals surface area (Å²) in [5, 5.41) is 13.8. The van der Waals surface area contributed by atoms with E-state index < -0.39 is 35.3 Å². The van der Waals surface area contributed by atoms with E-state index in [1.54, 1.807) is 0 Å². The highest BCUT2D eigenvalue weighted by molar-refractivity contribution is 5.88. The third-order valence-electron chi connectivity index (χ3n) is 3.96. The number of carboxylic acids is 1. The Morgan fingerprint density at radius 1 is 1.33 bits per heavy atom. The lowest BCUT2D eigenvalue weighted by molar-refractivity contribution is -0.182. The Balaban J connectivity index is 1.89. The fourth-order valence-corrected chi connectivity index (χ4v) is 2.30. The highest BCUT2D eigenvalue weighted by Gasteiger charge is 2.44. The summed E-state index contributed by atoms with van der Waals surface area (Å²) in [6.45, 7) is -0.0626. The molecule has 1 aliphatic carbocycles. The normalized spacial score (nSPS) is 17.5. The van der Waals surface area contributed by atoms with Gasteiger partial charge in [0, 0.05) is 18.3 Å². The number of aromatic nitrogens is 1. The van der Waals surface area contributed by atoms with Crippen LogP contribution >= 0.6 is 0 Å². The predicted molar refractivity (Wildman–Crippen MR) is 75.1 cm³/mol. The van der Waals surface area contributed by atoms with Crippen molar-refractivity contribution in [1.29, 1.82) is 0 Å². The van der Waals surface area contributed by atoms with E-state index in [9.17, 15) is 27.2 Å². The van der Waals surface area contributed by atoms with Gasteiger partial charge >= 0.3 is 18.2 Å². The lowest BCUT2D eigenvalue weighted by Crippen LogP contribution is -2.48. The fraction of sp³-hybridized carbons (Fsp3) is 0.500. The molecular formula is C14H15F4N3O3. The number of hydrogen-bond acceptors (Lipinski definition) is 3. The zero-order valence-electron chi connectivity index (χ0n) is 12.4. The van der Waals surface area contributed by atoms with Gasteiger partial charge in [0.05, 0.1) is 5.41 Å². The number of alkyl halides is 4. The number of anilines is 1. The van der Waals surface area contributed by atoms with Gasteiger partial charge in [-0.05, 0) is 18.9 Å². The molecule has 24 heavy (non-hydrogen) atoms. The minimum absolute atomic E-state index is 0.0626. The van der Waals surface area contributed by atoms with Gasteiger partial charge in [-0.1, -0.05) is 12.5 Å². The van der Waals surface area contributed by atoms with E-state index >= 15 is 0 Å². The quantitative estimate of drug-likeness (QED) is 0.713. The average molecular weight is 349 g/mol. The molecule has 10 heteroatoms. The van der Waals surface area contributed by atoms with Crippen LogP contribution in [0, 0.1) is 5.41 Å². The molecule has 1 saturated carbocycles. The Bertz CT molecular complexity index is 615. The maximum Gasteiger partial charge on any atom is 0.423 e. The van der Waals surface area contributed by atoms with Crippen molar-refractivity contribution in [2.75, 3.05) is 11.9 Å². The van der Waals surface area contributed by atoms with Crippen molar-refractivity contribution in [3.63, 3.8) is 0 Å². The van der Waals surface area contributed by atoms with Gasteiger partial charge < -0.3 is 10.4 Å². The maximum atomic E-state index is 13.1. The minimum atomic E-state index is -5.03. The second-order valence-corrected chi connectivity index (χ2v) is 5.63. The Labute approximate surface area is 134 Å². The van der Waals surface area contributed by atoms with Crippen LogP contribution in [0.1, 0.15) is 31.0 Å². The van der Waals surface area contributed by atoms with E-state index in [-0.39, 0.29) is 12.4 Å². The highest BCUT2D eigenvalue weighted by atomic mass is 19.4. The molecule has 3 N–H and O–H groups in total.